The normalized spacial score (nSPS) is 20.6. The molecule has 2 aromatic rings. The number of nitrogens with zero attached hydrogens (tertiary/aromatic N) is 1. The number of amides is 1. The zero-order chi connectivity index (χ0) is 14.9. The maximum Gasteiger partial charge on any atom is 0.262 e. The van der Waals surface area contributed by atoms with Crippen molar-refractivity contribution in [3.63, 3.8) is 0 Å². The van der Waals surface area contributed by atoms with Crippen molar-refractivity contribution >= 4 is 16.7 Å². The van der Waals surface area contributed by atoms with E-state index < -0.39 is 30.8 Å². The van der Waals surface area contributed by atoms with Crippen LogP contribution in [0.15, 0.2) is 36.5 Å². The fourth-order valence-electron chi connectivity index (χ4n) is 2.52. The van der Waals surface area contributed by atoms with E-state index in [2.05, 4.69) is 15.6 Å². The summed E-state index contributed by atoms with van der Waals surface area (Å²) in [6.07, 6.45) is 1.22. The molecule has 3 rings (SSSR count). The molecule has 0 saturated carbocycles. The van der Waals surface area contributed by atoms with Gasteiger partial charge in [-0.2, -0.15) is 0 Å². The topological polar surface area (TPSA) is 54.0 Å². The molecule has 1 atom stereocenters. The van der Waals surface area contributed by atoms with Gasteiger partial charge in [0, 0.05) is 18.0 Å². The molecule has 0 spiro atoms. The van der Waals surface area contributed by atoms with Gasteiger partial charge < -0.3 is 5.32 Å². The Labute approximate surface area is 120 Å². The van der Waals surface area contributed by atoms with E-state index in [0.29, 0.717) is 0 Å². The molecule has 1 saturated heterocycles. The fraction of sp³-hybridized carbons (Fsp3) is 0.333. The highest BCUT2D eigenvalue weighted by atomic mass is 19.3. The first-order chi connectivity index (χ1) is 10.1. The first-order valence-electron chi connectivity index (χ1n) is 6.77. The third-order valence-corrected chi connectivity index (χ3v) is 3.61. The van der Waals surface area contributed by atoms with Crippen LogP contribution in [0.4, 0.5) is 8.78 Å². The highest BCUT2D eigenvalue weighted by molar-refractivity contribution is 5.85. The van der Waals surface area contributed by atoms with Crippen LogP contribution < -0.4 is 10.6 Å². The zero-order valence-corrected chi connectivity index (χ0v) is 11.3. The molecule has 1 aliphatic rings. The summed E-state index contributed by atoms with van der Waals surface area (Å²) >= 11 is 0. The first kappa shape index (κ1) is 13.9. The predicted octanol–water partition coefficient (Wildman–Crippen LogP) is 1.85. The number of pyridine rings is 1. The van der Waals surface area contributed by atoms with Gasteiger partial charge in [-0.1, -0.05) is 24.3 Å². The Balaban J connectivity index is 1.68. The van der Waals surface area contributed by atoms with Crippen molar-refractivity contribution in [1.29, 1.82) is 0 Å². The van der Waals surface area contributed by atoms with E-state index >= 15 is 0 Å². The number of benzene rings is 1. The minimum absolute atomic E-state index is 0.226. The Morgan fingerprint density at radius 3 is 2.95 bits per heavy atom. The largest absolute Gasteiger partial charge is 0.349 e. The average Bonchev–Trinajstić information content (AvgIpc) is 2.85. The molecule has 1 aromatic heterocycles. The van der Waals surface area contributed by atoms with Gasteiger partial charge in [0.2, 0.25) is 5.91 Å². The average molecular weight is 291 g/mol. The van der Waals surface area contributed by atoms with Crippen LogP contribution in [0.25, 0.3) is 10.8 Å². The molecule has 0 radical (unpaired) electrons. The Bertz CT molecular complexity index is 670. The van der Waals surface area contributed by atoms with Gasteiger partial charge in [0.15, 0.2) is 0 Å². The summed E-state index contributed by atoms with van der Waals surface area (Å²) in [6, 6.07) is 8.76. The summed E-state index contributed by atoms with van der Waals surface area (Å²) in [6.45, 7) is -0.221. The SMILES string of the molecule is O=C(NCc1nccc2ccccc12)C1CC(F)(F)CN1. The molecule has 1 aromatic carbocycles. The van der Waals surface area contributed by atoms with Gasteiger partial charge in [-0.25, -0.2) is 8.78 Å². The molecule has 6 heteroatoms. The Morgan fingerprint density at radius 1 is 1.38 bits per heavy atom. The Morgan fingerprint density at radius 2 is 2.19 bits per heavy atom. The van der Waals surface area contributed by atoms with E-state index in [-0.39, 0.29) is 6.54 Å². The second-order valence-electron chi connectivity index (χ2n) is 5.19. The van der Waals surface area contributed by atoms with Crippen LogP contribution in [0.3, 0.4) is 0 Å². The quantitative estimate of drug-likeness (QED) is 0.907. The van der Waals surface area contributed by atoms with Crippen molar-refractivity contribution in [1.82, 2.24) is 15.6 Å². The number of alkyl halides is 2. The fourth-order valence-corrected chi connectivity index (χ4v) is 2.52. The summed E-state index contributed by atoms with van der Waals surface area (Å²) in [7, 11) is 0. The molecule has 1 unspecified atom stereocenters. The second-order valence-corrected chi connectivity index (χ2v) is 5.19. The van der Waals surface area contributed by atoms with E-state index in [9.17, 15) is 13.6 Å². The molecular weight excluding hydrogens is 276 g/mol. The monoisotopic (exact) mass is 291 g/mol. The summed E-state index contributed by atoms with van der Waals surface area (Å²) < 4.78 is 26.1. The van der Waals surface area contributed by atoms with Crippen molar-refractivity contribution < 1.29 is 13.6 Å². The smallest absolute Gasteiger partial charge is 0.262 e. The van der Waals surface area contributed by atoms with Crippen LogP contribution in [0.1, 0.15) is 12.1 Å². The number of carbonyl (C=O) groups excluding carboxylic acids is 1. The third kappa shape index (κ3) is 3.00. The molecular formula is C15H15F2N3O. The van der Waals surface area contributed by atoms with Crippen LogP contribution >= 0.6 is 0 Å². The van der Waals surface area contributed by atoms with Gasteiger partial charge >= 0.3 is 0 Å². The number of rotatable bonds is 3. The van der Waals surface area contributed by atoms with Gasteiger partial charge in [0.25, 0.3) is 5.92 Å². The van der Waals surface area contributed by atoms with E-state index in [0.717, 1.165) is 16.5 Å². The number of halogens is 2. The lowest BCUT2D eigenvalue weighted by atomic mass is 10.1. The van der Waals surface area contributed by atoms with Crippen LogP contribution in [0, 0.1) is 0 Å². The van der Waals surface area contributed by atoms with E-state index in [1.807, 2.05) is 30.3 Å². The molecule has 4 nitrogen and oxygen atoms in total. The minimum Gasteiger partial charge on any atom is -0.349 e. The number of hydrogen-bond donors (Lipinski definition) is 2. The van der Waals surface area contributed by atoms with Gasteiger partial charge in [0.1, 0.15) is 0 Å². The van der Waals surface area contributed by atoms with Crippen LogP contribution in [0.5, 0.6) is 0 Å². The van der Waals surface area contributed by atoms with Crippen LogP contribution in [-0.4, -0.2) is 29.4 Å². The van der Waals surface area contributed by atoms with E-state index in [1.54, 1.807) is 6.20 Å². The number of fused-ring (bicyclic) bond motifs is 1. The molecule has 2 heterocycles. The van der Waals surface area contributed by atoms with E-state index in [4.69, 9.17) is 0 Å². The Hall–Kier alpha value is -2.08. The van der Waals surface area contributed by atoms with Crippen LogP contribution in [0.2, 0.25) is 0 Å². The minimum atomic E-state index is -2.81. The summed E-state index contributed by atoms with van der Waals surface area (Å²) in [4.78, 5) is 16.2. The maximum absolute atomic E-state index is 13.1. The van der Waals surface area contributed by atoms with Gasteiger partial charge in [-0.3, -0.25) is 15.1 Å². The van der Waals surface area contributed by atoms with Gasteiger partial charge in [0.05, 0.1) is 24.8 Å². The Kier molecular flexibility index (Phi) is 3.55. The van der Waals surface area contributed by atoms with Crippen molar-refractivity contribution in [2.45, 2.75) is 24.9 Å². The molecule has 1 aliphatic heterocycles. The van der Waals surface area contributed by atoms with E-state index in [1.165, 1.54) is 0 Å². The van der Waals surface area contributed by atoms with Crippen molar-refractivity contribution in [2.75, 3.05) is 6.54 Å². The lowest BCUT2D eigenvalue weighted by Crippen LogP contribution is -2.40. The molecule has 1 fully saturated rings. The van der Waals surface area contributed by atoms with Crippen LogP contribution in [-0.2, 0) is 11.3 Å². The molecule has 0 bridgehead atoms. The first-order valence-corrected chi connectivity index (χ1v) is 6.77. The van der Waals surface area contributed by atoms with Gasteiger partial charge in [-0.15, -0.1) is 0 Å². The maximum atomic E-state index is 13.1. The third-order valence-electron chi connectivity index (χ3n) is 3.61. The molecule has 21 heavy (non-hydrogen) atoms. The van der Waals surface area contributed by atoms with Crippen molar-refractivity contribution in [3.8, 4) is 0 Å². The summed E-state index contributed by atoms with van der Waals surface area (Å²) in [5, 5.41) is 7.19. The highest BCUT2D eigenvalue weighted by Crippen LogP contribution is 2.25. The highest BCUT2D eigenvalue weighted by Gasteiger charge is 2.42. The number of carbonyl (C=O) groups is 1. The summed E-state index contributed by atoms with van der Waals surface area (Å²) in [5.74, 6) is -3.22. The standard InChI is InChI=1S/C15H15F2N3O/c16-15(17)7-12(20-9-15)14(21)19-8-13-11-4-2-1-3-10(11)5-6-18-13/h1-6,12,20H,7-9H2,(H,19,21). The molecule has 1 amide bonds. The number of aromatic nitrogens is 1. The van der Waals surface area contributed by atoms with Gasteiger partial charge in [-0.05, 0) is 11.5 Å². The molecule has 110 valence electrons. The lowest BCUT2D eigenvalue weighted by molar-refractivity contribution is -0.123. The van der Waals surface area contributed by atoms with Crippen molar-refractivity contribution in [3.05, 3.63) is 42.2 Å². The molecule has 0 aliphatic carbocycles. The summed E-state index contributed by atoms with van der Waals surface area (Å²) in [5.41, 5.74) is 0.728. The predicted molar refractivity (Wildman–Crippen MR) is 74.9 cm³/mol. The lowest BCUT2D eigenvalue weighted by Gasteiger charge is -2.12. The van der Waals surface area contributed by atoms with Crippen molar-refractivity contribution in [2.24, 2.45) is 0 Å². The number of nitrogens with one attached hydrogen (secondary N) is 2. The molecule has 2 N–H and O–H groups in total. The second kappa shape index (κ2) is 5.37. The number of hydrogen-bond acceptors (Lipinski definition) is 3. The zero-order valence-electron chi connectivity index (χ0n) is 11.3.